The molecule has 0 heterocycles. The first kappa shape index (κ1) is 22.8. The van der Waals surface area contributed by atoms with Crippen molar-refractivity contribution in [3.05, 3.63) is 64.7 Å². The van der Waals surface area contributed by atoms with E-state index < -0.39 is 6.04 Å². The van der Waals surface area contributed by atoms with Crippen LogP contribution in [0.5, 0.6) is 5.75 Å². The number of ether oxygens (including phenoxy) is 1. The van der Waals surface area contributed by atoms with Gasteiger partial charge in [-0.2, -0.15) is 0 Å². The van der Waals surface area contributed by atoms with E-state index in [0.717, 1.165) is 17.5 Å². The molecule has 0 saturated heterocycles. The van der Waals surface area contributed by atoms with Gasteiger partial charge < -0.3 is 15.0 Å². The Morgan fingerprint density at radius 1 is 1.14 bits per heavy atom. The zero-order valence-electron chi connectivity index (χ0n) is 17.4. The summed E-state index contributed by atoms with van der Waals surface area (Å²) in [5, 5.41) is 3.49. The van der Waals surface area contributed by atoms with Crippen LogP contribution in [0.3, 0.4) is 0 Å². The fraction of sp³-hybridized carbons (Fsp3) is 0.391. The second-order valence-corrected chi connectivity index (χ2v) is 7.69. The smallest absolute Gasteiger partial charge is 0.261 e. The molecule has 2 aromatic carbocycles. The first-order valence-electron chi connectivity index (χ1n) is 9.84. The topological polar surface area (TPSA) is 58.6 Å². The van der Waals surface area contributed by atoms with E-state index in [-0.39, 0.29) is 24.5 Å². The van der Waals surface area contributed by atoms with Crippen molar-refractivity contribution in [1.29, 1.82) is 0 Å². The fourth-order valence-electron chi connectivity index (χ4n) is 2.84. The summed E-state index contributed by atoms with van der Waals surface area (Å²) in [7, 11) is 0. The third-order valence-electron chi connectivity index (χ3n) is 4.76. The quantitative estimate of drug-likeness (QED) is 0.660. The van der Waals surface area contributed by atoms with Gasteiger partial charge in [-0.3, -0.25) is 9.59 Å². The van der Waals surface area contributed by atoms with E-state index >= 15 is 0 Å². The predicted molar refractivity (Wildman–Crippen MR) is 116 cm³/mol. The first-order valence-corrected chi connectivity index (χ1v) is 10.2. The molecule has 156 valence electrons. The van der Waals surface area contributed by atoms with Crippen LogP contribution in [-0.4, -0.2) is 35.4 Å². The number of hydrogen-bond acceptors (Lipinski definition) is 3. The summed E-state index contributed by atoms with van der Waals surface area (Å²) in [4.78, 5) is 27.2. The van der Waals surface area contributed by atoms with Gasteiger partial charge in [0.1, 0.15) is 11.8 Å². The van der Waals surface area contributed by atoms with Crippen molar-refractivity contribution >= 4 is 23.4 Å². The van der Waals surface area contributed by atoms with Gasteiger partial charge in [0.15, 0.2) is 6.61 Å². The number of hydrogen-bond donors (Lipinski definition) is 1. The molecule has 2 rings (SSSR count). The predicted octanol–water partition coefficient (Wildman–Crippen LogP) is 4.36. The minimum absolute atomic E-state index is 0.0450. The van der Waals surface area contributed by atoms with Crippen molar-refractivity contribution in [2.45, 2.75) is 52.7 Å². The lowest BCUT2D eigenvalue weighted by Crippen LogP contribution is -2.50. The highest BCUT2D eigenvalue weighted by Gasteiger charge is 2.27. The SMILES string of the molecule is CC[C@H](C)NC(=O)[C@H](C)N(Cc1cccc(C)c1)C(=O)COc1cccc(Cl)c1. The van der Waals surface area contributed by atoms with E-state index in [1.165, 1.54) is 0 Å². The average Bonchev–Trinajstić information content (AvgIpc) is 2.69. The van der Waals surface area contributed by atoms with Crippen LogP contribution in [0.25, 0.3) is 0 Å². The number of rotatable bonds is 9. The number of benzene rings is 2. The highest BCUT2D eigenvalue weighted by molar-refractivity contribution is 6.30. The van der Waals surface area contributed by atoms with Crippen LogP contribution < -0.4 is 10.1 Å². The Hall–Kier alpha value is -2.53. The Labute approximate surface area is 178 Å². The molecule has 0 fully saturated rings. The molecule has 0 saturated carbocycles. The summed E-state index contributed by atoms with van der Waals surface area (Å²) in [5.41, 5.74) is 2.06. The van der Waals surface area contributed by atoms with Gasteiger partial charge in [0.25, 0.3) is 5.91 Å². The van der Waals surface area contributed by atoms with Crippen molar-refractivity contribution in [2.24, 2.45) is 0 Å². The largest absolute Gasteiger partial charge is 0.484 e. The van der Waals surface area contributed by atoms with Crippen LogP contribution in [0.15, 0.2) is 48.5 Å². The normalized spacial score (nSPS) is 12.7. The van der Waals surface area contributed by atoms with Gasteiger partial charge >= 0.3 is 0 Å². The number of nitrogens with one attached hydrogen (secondary N) is 1. The molecule has 2 atom stereocenters. The Morgan fingerprint density at radius 3 is 2.52 bits per heavy atom. The lowest BCUT2D eigenvalue weighted by Gasteiger charge is -2.29. The summed E-state index contributed by atoms with van der Waals surface area (Å²) in [5.74, 6) is 0.0689. The monoisotopic (exact) mass is 416 g/mol. The van der Waals surface area contributed by atoms with E-state index in [0.29, 0.717) is 17.3 Å². The molecule has 0 spiro atoms. The lowest BCUT2D eigenvalue weighted by atomic mass is 10.1. The number of halogens is 1. The second kappa shape index (κ2) is 10.9. The zero-order valence-corrected chi connectivity index (χ0v) is 18.2. The van der Waals surface area contributed by atoms with Crippen molar-refractivity contribution < 1.29 is 14.3 Å². The van der Waals surface area contributed by atoms with Crippen molar-refractivity contribution in [3.63, 3.8) is 0 Å². The molecule has 0 aliphatic heterocycles. The molecule has 0 aliphatic carbocycles. The van der Waals surface area contributed by atoms with Crippen LogP contribution >= 0.6 is 11.6 Å². The highest BCUT2D eigenvalue weighted by atomic mass is 35.5. The van der Waals surface area contributed by atoms with Crippen molar-refractivity contribution in [1.82, 2.24) is 10.2 Å². The van der Waals surface area contributed by atoms with Gasteiger partial charge in [-0.05, 0) is 51.0 Å². The molecule has 0 aromatic heterocycles. The summed E-state index contributed by atoms with van der Waals surface area (Å²) >= 11 is 5.97. The Balaban J connectivity index is 2.15. The molecule has 0 bridgehead atoms. The number of carbonyl (C=O) groups is 2. The second-order valence-electron chi connectivity index (χ2n) is 7.25. The third kappa shape index (κ3) is 7.09. The van der Waals surface area contributed by atoms with E-state index in [1.54, 1.807) is 36.1 Å². The molecule has 1 N–H and O–H groups in total. The summed E-state index contributed by atoms with van der Waals surface area (Å²) < 4.78 is 5.62. The van der Waals surface area contributed by atoms with E-state index in [4.69, 9.17) is 16.3 Å². The van der Waals surface area contributed by atoms with E-state index in [1.807, 2.05) is 45.0 Å². The standard InChI is InChI=1S/C23H29ClN2O3/c1-5-17(3)25-23(28)18(4)26(14-19-9-6-8-16(2)12-19)22(27)15-29-21-11-7-10-20(24)13-21/h6-13,17-18H,5,14-15H2,1-4H3,(H,25,28)/t17-,18-/m0/s1. The summed E-state index contributed by atoms with van der Waals surface area (Å²) in [6, 6.07) is 14.2. The molecular formula is C23H29ClN2O3. The molecule has 0 unspecified atom stereocenters. The average molecular weight is 417 g/mol. The van der Waals surface area contributed by atoms with Crippen LogP contribution in [0.1, 0.15) is 38.3 Å². The van der Waals surface area contributed by atoms with Crippen LogP contribution in [0, 0.1) is 6.92 Å². The lowest BCUT2D eigenvalue weighted by molar-refractivity contribution is -0.142. The third-order valence-corrected chi connectivity index (χ3v) is 5.00. The van der Waals surface area contributed by atoms with Crippen molar-refractivity contribution in [2.75, 3.05) is 6.61 Å². The summed E-state index contributed by atoms with van der Waals surface area (Å²) in [6.45, 7) is 7.84. The van der Waals surface area contributed by atoms with Gasteiger partial charge in [0, 0.05) is 17.6 Å². The van der Waals surface area contributed by atoms with Gasteiger partial charge in [-0.25, -0.2) is 0 Å². The van der Waals surface area contributed by atoms with Crippen LogP contribution in [0.2, 0.25) is 5.02 Å². The molecule has 5 nitrogen and oxygen atoms in total. The Kier molecular flexibility index (Phi) is 8.52. The van der Waals surface area contributed by atoms with Gasteiger partial charge in [0.2, 0.25) is 5.91 Å². The maximum Gasteiger partial charge on any atom is 0.261 e. The van der Waals surface area contributed by atoms with Crippen LogP contribution in [0.4, 0.5) is 0 Å². The molecule has 6 heteroatoms. The molecule has 2 aromatic rings. The number of amides is 2. The molecule has 2 amide bonds. The molecule has 0 aliphatic rings. The van der Waals surface area contributed by atoms with Crippen LogP contribution in [-0.2, 0) is 16.1 Å². The molecular weight excluding hydrogens is 388 g/mol. The maximum atomic E-state index is 13.0. The highest BCUT2D eigenvalue weighted by Crippen LogP contribution is 2.18. The number of nitrogens with zero attached hydrogens (tertiary/aromatic N) is 1. The molecule has 29 heavy (non-hydrogen) atoms. The Bertz CT molecular complexity index is 840. The number of aryl methyl sites for hydroxylation is 1. The van der Waals surface area contributed by atoms with Gasteiger partial charge in [0.05, 0.1) is 0 Å². The molecule has 0 radical (unpaired) electrons. The fourth-order valence-corrected chi connectivity index (χ4v) is 3.02. The Morgan fingerprint density at radius 2 is 1.86 bits per heavy atom. The van der Waals surface area contributed by atoms with E-state index in [2.05, 4.69) is 5.32 Å². The minimum Gasteiger partial charge on any atom is -0.484 e. The maximum absolute atomic E-state index is 13.0. The summed E-state index contributed by atoms with van der Waals surface area (Å²) in [6.07, 6.45) is 0.822. The minimum atomic E-state index is -0.625. The van der Waals surface area contributed by atoms with E-state index in [9.17, 15) is 9.59 Å². The van der Waals surface area contributed by atoms with Gasteiger partial charge in [-0.15, -0.1) is 0 Å². The zero-order chi connectivity index (χ0) is 21.4. The first-order chi connectivity index (χ1) is 13.8. The number of carbonyl (C=O) groups excluding carboxylic acids is 2. The van der Waals surface area contributed by atoms with Gasteiger partial charge in [-0.1, -0.05) is 54.4 Å². The van der Waals surface area contributed by atoms with Crippen molar-refractivity contribution in [3.8, 4) is 5.75 Å².